The number of likely N-dealkylation sites (N-methyl/N-ethyl adjacent to an activating group) is 1. The predicted molar refractivity (Wildman–Crippen MR) is 95.7 cm³/mol. The maximum atomic E-state index is 11.5. The largest absolute Gasteiger partial charge is 0.484 e. The molecular weight excluding hydrogens is 320 g/mol. The summed E-state index contributed by atoms with van der Waals surface area (Å²) in [5.74, 6) is 1.67. The van der Waals surface area contributed by atoms with Crippen molar-refractivity contribution < 1.29 is 14.1 Å². The lowest BCUT2D eigenvalue weighted by Gasteiger charge is -2.13. The van der Waals surface area contributed by atoms with E-state index >= 15 is 0 Å². The van der Waals surface area contributed by atoms with Crippen molar-refractivity contribution in [2.45, 2.75) is 46.1 Å². The van der Waals surface area contributed by atoms with E-state index < -0.39 is 0 Å². The first kappa shape index (κ1) is 18.8. The highest BCUT2D eigenvalue weighted by Crippen LogP contribution is 2.24. The van der Waals surface area contributed by atoms with Gasteiger partial charge in [0.1, 0.15) is 11.8 Å². The summed E-state index contributed by atoms with van der Waals surface area (Å²) in [7, 11) is 0. The number of hydrogen-bond acceptors (Lipinski definition) is 6. The first-order chi connectivity index (χ1) is 11.8. The van der Waals surface area contributed by atoms with Crippen molar-refractivity contribution in [3.05, 3.63) is 36.0 Å². The fraction of sp³-hybridized carbons (Fsp3) is 0.500. The van der Waals surface area contributed by atoms with Gasteiger partial charge in [0, 0.05) is 23.7 Å². The van der Waals surface area contributed by atoms with Crippen LogP contribution in [0.5, 0.6) is 5.75 Å². The molecule has 1 heterocycles. The molecule has 2 N–H and O–H groups in total. The van der Waals surface area contributed by atoms with Crippen LogP contribution in [0, 0.1) is 0 Å². The Morgan fingerprint density at radius 1 is 1.36 bits per heavy atom. The van der Waals surface area contributed by atoms with Crippen molar-refractivity contribution >= 4 is 11.6 Å². The lowest BCUT2D eigenvalue weighted by atomic mass is 9.96. The molecule has 0 radical (unpaired) electrons. The van der Waals surface area contributed by atoms with Gasteiger partial charge in [0.2, 0.25) is 5.89 Å². The molecule has 25 heavy (non-hydrogen) atoms. The van der Waals surface area contributed by atoms with Gasteiger partial charge < -0.3 is 19.9 Å². The molecule has 0 fully saturated rings. The number of hydrogen-bond donors (Lipinski definition) is 2. The summed E-state index contributed by atoms with van der Waals surface area (Å²) in [6.07, 6.45) is 0. The summed E-state index contributed by atoms with van der Waals surface area (Å²) in [5.41, 5.74) is 0.685. The molecule has 0 bridgehead atoms. The molecule has 7 heteroatoms. The highest BCUT2D eigenvalue weighted by atomic mass is 16.5. The molecule has 0 aliphatic rings. The van der Waals surface area contributed by atoms with Crippen molar-refractivity contribution in [1.82, 2.24) is 15.5 Å². The Kier molecular flexibility index (Phi) is 6.01. The predicted octanol–water partition coefficient (Wildman–Crippen LogP) is 3.06. The van der Waals surface area contributed by atoms with Crippen LogP contribution in [0.3, 0.4) is 0 Å². The van der Waals surface area contributed by atoms with Gasteiger partial charge in [-0.3, -0.25) is 4.79 Å². The summed E-state index contributed by atoms with van der Waals surface area (Å²) < 4.78 is 10.8. The third-order valence-electron chi connectivity index (χ3n) is 3.44. The molecule has 0 spiro atoms. The van der Waals surface area contributed by atoms with Crippen molar-refractivity contribution in [3.8, 4) is 5.75 Å². The molecule has 2 rings (SSSR count). The van der Waals surface area contributed by atoms with Crippen LogP contribution in [0.1, 0.15) is 52.4 Å². The Hall–Kier alpha value is -2.57. The van der Waals surface area contributed by atoms with Crippen LogP contribution in [-0.2, 0) is 10.2 Å². The standard InChI is InChI=1S/C18H26N4O3/c1-6-19-15(23)11-24-14-9-7-8-13(10-14)20-12(2)16-21-17(22-25-16)18(3,4)5/h7-10,12,20H,6,11H2,1-5H3,(H,19,23)/t12-/m1/s1. The van der Waals surface area contributed by atoms with Crippen molar-refractivity contribution in [2.24, 2.45) is 0 Å². The number of aromatic nitrogens is 2. The fourth-order valence-corrected chi connectivity index (χ4v) is 2.10. The molecule has 0 saturated carbocycles. The zero-order chi connectivity index (χ0) is 18.4. The van der Waals surface area contributed by atoms with Crippen LogP contribution >= 0.6 is 0 Å². The smallest absolute Gasteiger partial charge is 0.257 e. The number of nitrogens with one attached hydrogen (secondary N) is 2. The van der Waals surface area contributed by atoms with Crippen LogP contribution in [0.2, 0.25) is 0 Å². The number of ether oxygens (including phenoxy) is 1. The zero-order valence-electron chi connectivity index (χ0n) is 15.4. The normalized spacial score (nSPS) is 12.5. The second kappa shape index (κ2) is 8.00. The minimum absolute atomic E-state index is 0.00848. The van der Waals surface area contributed by atoms with Gasteiger partial charge >= 0.3 is 0 Å². The van der Waals surface area contributed by atoms with Gasteiger partial charge in [0.15, 0.2) is 12.4 Å². The monoisotopic (exact) mass is 346 g/mol. The van der Waals surface area contributed by atoms with E-state index in [9.17, 15) is 4.79 Å². The quantitative estimate of drug-likeness (QED) is 0.801. The Bertz CT molecular complexity index is 706. The van der Waals surface area contributed by atoms with E-state index in [-0.39, 0.29) is 24.0 Å². The molecule has 0 aliphatic carbocycles. The van der Waals surface area contributed by atoms with E-state index in [1.807, 2.05) is 52.8 Å². The minimum Gasteiger partial charge on any atom is -0.484 e. The van der Waals surface area contributed by atoms with Gasteiger partial charge in [-0.25, -0.2) is 0 Å². The van der Waals surface area contributed by atoms with Crippen LogP contribution in [0.15, 0.2) is 28.8 Å². The van der Waals surface area contributed by atoms with Gasteiger partial charge in [-0.2, -0.15) is 4.98 Å². The molecule has 2 aromatic rings. The summed E-state index contributed by atoms with van der Waals surface area (Å²) in [4.78, 5) is 15.9. The van der Waals surface area contributed by atoms with Crippen LogP contribution < -0.4 is 15.4 Å². The lowest BCUT2D eigenvalue weighted by molar-refractivity contribution is -0.122. The highest BCUT2D eigenvalue weighted by Gasteiger charge is 2.23. The van der Waals surface area contributed by atoms with Crippen molar-refractivity contribution in [2.75, 3.05) is 18.5 Å². The van der Waals surface area contributed by atoms with E-state index in [1.165, 1.54) is 0 Å². The molecule has 1 amide bonds. The summed E-state index contributed by atoms with van der Waals surface area (Å²) in [6.45, 7) is 10.5. The zero-order valence-corrected chi connectivity index (χ0v) is 15.4. The van der Waals surface area contributed by atoms with Gasteiger partial charge in [-0.05, 0) is 26.0 Å². The van der Waals surface area contributed by atoms with Crippen molar-refractivity contribution in [1.29, 1.82) is 0 Å². The number of amides is 1. The fourth-order valence-electron chi connectivity index (χ4n) is 2.10. The van der Waals surface area contributed by atoms with Crippen LogP contribution in [0.25, 0.3) is 0 Å². The molecule has 1 aromatic heterocycles. The van der Waals surface area contributed by atoms with Crippen molar-refractivity contribution in [3.63, 3.8) is 0 Å². The minimum atomic E-state index is -0.158. The maximum Gasteiger partial charge on any atom is 0.257 e. The average Bonchev–Trinajstić information content (AvgIpc) is 3.04. The topological polar surface area (TPSA) is 89.3 Å². The van der Waals surface area contributed by atoms with E-state index in [2.05, 4.69) is 20.8 Å². The molecule has 1 atom stereocenters. The molecule has 0 unspecified atom stereocenters. The number of carbonyl (C=O) groups is 1. The lowest BCUT2D eigenvalue weighted by Crippen LogP contribution is -2.28. The van der Waals surface area contributed by atoms with E-state index in [1.54, 1.807) is 6.07 Å². The molecule has 0 aliphatic heterocycles. The maximum absolute atomic E-state index is 11.5. The Labute approximate surface area is 148 Å². The molecule has 1 aromatic carbocycles. The van der Waals surface area contributed by atoms with Gasteiger partial charge in [-0.1, -0.05) is 32.0 Å². The third-order valence-corrected chi connectivity index (χ3v) is 3.44. The number of rotatable bonds is 7. The van der Waals surface area contributed by atoms with E-state index in [0.29, 0.717) is 24.0 Å². The van der Waals surface area contributed by atoms with Gasteiger partial charge in [0.05, 0.1) is 0 Å². The Balaban J connectivity index is 1.99. The second-order valence-corrected chi connectivity index (χ2v) is 6.84. The average molecular weight is 346 g/mol. The van der Waals surface area contributed by atoms with Crippen LogP contribution in [-0.4, -0.2) is 29.2 Å². The molecular formula is C18H26N4O3. The van der Waals surface area contributed by atoms with Crippen LogP contribution in [0.4, 0.5) is 5.69 Å². The highest BCUT2D eigenvalue weighted by molar-refractivity contribution is 5.77. The number of carbonyl (C=O) groups excluding carboxylic acids is 1. The van der Waals surface area contributed by atoms with E-state index in [4.69, 9.17) is 9.26 Å². The molecule has 136 valence electrons. The number of benzene rings is 1. The SMILES string of the molecule is CCNC(=O)COc1cccc(N[C@H](C)c2nc(C(C)(C)C)no2)c1. The Morgan fingerprint density at radius 3 is 2.76 bits per heavy atom. The number of anilines is 1. The first-order valence-corrected chi connectivity index (χ1v) is 8.39. The van der Waals surface area contributed by atoms with Gasteiger partial charge in [0.25, 0.3) is 5.91 Å². The summed E-state index contributed by atoms with van der Waals surface area (Å²) in [6, 6.07) is 7.26. The first-order valence-electron chi connectivity index (χ1n) is 8.39. The summed E-state index contributed by atoms with van der Waals surface area (Å²) >= 11 is 0. The summed E-state index contributed by atoms with van der Waals surface area (Å²) in [5, 5.41) is 10.0. The third kappa shape index (κ3) is 5.48. The van der Waals surface area contributed by atoms with E-state index in [0.717, 1.165) is 5.69 Å². The Morgan fingerprint density at radius 2 is 2.12 bits per heavy atom. The number of nitrogens with zero attached hydrogens (tertiary/aromatic N) is 2. The molecule has 7 nitrogen and oxygen atoms in total. The van der Waals surface area contributed by atoms with Gasteiger partial charge in [-0.15, -0.1) is 0 Å². The molecule has 0 saturated heterocycles. The second-order valence-electron chi connectivity index (χ2n) is 6.84.